The van der Waals surface area contributed by atoms with Crippen LogP contribution >= 0.6 is 0 Å². The molecule has 0 aliphatic heterocycles. The number of aliphatic imine (C=N–C) groups is 1. The zero-order chi connectivity index (χ0) is 17.4. The number of benzene rings is 1. The third-order valence-electron chi connectivity index (χ3n) is 3.65. The van der Waals surface area contributed by atoms with Crippen molar-refractivity contribution in [3.05, 3.63) is 59.5 Å². The monoisotopic (exact) mass is 328 g/mol. The molecule has 0 saturated carbocycles. The number of rotatable bonds is 7. The van der Waals surface area contributed by atoms with Gasteiger partial charge in [0.1, 0.15) is 5.76 Å². The van der Waals surface area contributed by atoms with Crippen molar-refractivity contribution in [3.8, 4) is 0 Å². The van der Waals surface area contributed by atoms with Gasteiger partial charge in [-0.25, -0.2) is 0 Å². The molecule has 2 aromatic rings. The van der Waals surface area contributed by atoms with Gasteiger partial charge in [-0.05, 0) is 37.5 Å². The van der Waals surface area contributed by atoms with Crippen LogP contribution in [0.15, 0.2) is 51.9 Å². The maximum atomic E-state index is 11.0. The highest BCUT2D eigenvalue weighted by molar-refractivity contribution is 5.89. The number of hydrogen-bond donors (Lipinski definition) is 3. The molecule has 1 amide bonds. The van der Waals surface area contributed by atoms with E-state index in [-0.39, 0.29) is 11.8 Å². The van der Waals surface area contributed by atoms with Gasteiger partial charge in [0.05, 0.1) is 6.54 Å². The van der Waals surface area contributed by atoms with E-state index in [0.29, 0.717) is 18.3 Å². The Hall–Kier alpha value is -2.76. The number of furan rings is 1. The van der Waals surface area contributed by atoms with Crippen LogP contribution in [0.25, 0.3) is 0 Å². The van der Waals surface area contributed by atoms with Gasteiger partial charge in [-0.15, -0.1) is 0 Å². The van der Waals surface area contributed by atoms with Gasteiger partial charge in [-0.2, -0.15) is 0 Å². The molecule has 24 heavy (non-hydrogen) atoms. The molecule has 0 aliphatic rings. The van der Waals surface area contributed by atoms with E-state index < -0.39 is 5.91 Å². The first-order chi connectivity index (χ1) is 11.6. The average Bonchev–Trinajstić information content (AvgIpc) is 3.07. The number of guanidine groups is 1. The summed E-state index contributed by atoms with van der Waals surface area (Å²) < 4.78 is 5.33. The summed E-state index contributed by atoms with van der Waals surface area (Å²) in [6, 6.07) is 14.0. The van der Waals surface area contributed by atoms with Crippen LogP contribution < -0.4 is 16.4 Å². The van der Waals surface area contributed by atoms with E-state index in [1.54, 1.807) is 19.2 Å². The van der Waals surface area contributed by atoms with Crippen molar-refractivity contribution < 1.29 is 9.21 Å². The van der Waals surface area contributed by atoms with E-state index >= 15 is 0 Å². The van der Waals surface area contributed by atoms with Crippen molar-refractivity contribution in [2.24, 2.45) is 10.7 Å². The standard InChI is InChI=1S/C18H24N4O2/c1-13(8-9-14-6-4-3-5-7-14)22-18(20-2)21-12-15-10-11-16(24-15)17(19)23/h3-7,10-11,13H,8-9,12H2,1-2H3,(H2,19,23)(H2,20,21,22). The molecule has 1 aromatic heterocycles. The fourth-order valence-corrected chi connectivity index (χ4v) is 2.30. The smallest absolute Gasteiger partial charge is 0.284 e. The first-order valence-electron chi connectivity index (χ1n) is 7.98. The normalized spacial score (nSPS) is 12.7. The van der Waals surface area contributed by atoms with Crippen LogP contribution in [0.2, 0.25) is 0 Å². The lowest BCUT2D eigenvalue weighted by Gasteiger charge is -2.17. The van der Waals surface area contributed by atoms with Gasteiger partial charge < -0.3 is 20.8 Å². The van der Waals surface area contributed by atoms with Crippen molar-refractivity contribution in [3.63, 3.8) is 0 Å². The number of nitrogens with zero attached hydrogens (tertiary/aromatic N) is 1. The minimum Gasteiger partial charge on any atom is -0.454 e. The molecule has 0 saturated heterocycles. The van der Waals surface area contributed by atoms with Gasteiger partial charge in [0, 0.05) is 13.1 Å². The minimum absolute atomic E-state index is 0.158. The summed E-state index contributed by atoms with van der Waals surface area (Å²) in [7, 11) is 1.72. The highest BCUT2D eigenvalue weighted by atomic mass is 16.3. The Morgan fingerprint density at radius 2 is 2.00 bits per heavy atom. The number of hydrogen-bond acceptors (Lipinski definition) is 3. The van der Waals surface area contributed by atoms with Crippen LogP contribution in [0.4, 0.5) is 0 Å². The van der Waals surface area contributed by atoms with Gasteiger partial charge in [0.2, 0.25) is 0 Å². The molecule has 6 nitrogen and oxygen atoms in total. The number of aryl methyl sites for hydroxylation is 1. The van der Waals surface area contributed by atoms with E-state index in [4.69, 9.17) is 10.2 Å². The lowest BCUT2D eigenvalue weighted by Crippen LogP contribution is -2.42. The van der Waals surface area contributed by atoms with Crippen molar-refractivity contribution in [1.29, 1.82) is 0 Å². The molecule has 1 atom stereocenters. The van der Waals surface area contributed by atoms with Crippen LogP contribution in [0, 0.1) is 0 Å². The van der Waals surface area contributed by atoms with Crippen LogP contribution in [0.5, 0.6) is 0 Å². The van der Waals surface area contributed by atoms with Crippen LogP contribution in [0.1, 0.15) is 35.2 Å². The van der Waals surface area contributed by atoms with E-state index in [0.717, 1.165) is 12.8 Å². The summed E-state index contributed by atoms with van der Waals surface area (Å²) in [6.45, 7) is 2.55. The predicted octanol–water partition coefficient (Wildman–Crippen LogP) is 2.06. The van der Waals surface area contributed by atoms with Crippen molar-refractivity contribution in [2.75, 3.05) is 7.05 Å². The maximum Gasteiger partial charge on any atom is 0.284 e. The van der Waals surface area contributed by atoms with E-state index in [1.807, 2.05) is 6.07 Å². The second-order valence-electron chi connectivity index (χ2n) is 5.63. The number of carbonyl (C=O) groups is 1. The van der Waals surface area contributed by atoms with E-state index in [9.17, 15) is 4.79 Å². The van der Waals surface area contributed by atoms with Gasteiger partial charge in [-0.3, -0.25) is 9.79 Å². The Bertz CT molecular complexity index is 679. The Balaban J connectivity index is 1.77. The van der Waals surface area contributed by atoms with Gasteiger partial charge in [0.15, 0.2) is 11.7 Å². The average molecular weight is 328 g/mol. The Labute approximate surface area is 142 Å². The molecule has 1 heterocycles. The van der Waals surface area contributed by atoms with Crippen molar-refractivity contribution in [1.82, 2.24) is 10.6 Å². The topological polar surface area (TPSA) is 92.6 Å². The number of carbonyl (C=O) groups excluding carboxylic acids is 1. The number of amides is 1. The molecule has 128 valence electrons. The van der Waals surface area contributed by atoms with Gasteiger partial charge >= 0.3 is 0 Å². The largest absolute Gasteiger partial charge is 0.454 e. The van der Waals surface area contributed by atoms with E-state index in [2.05, 4.69) is 46.8 Å². The molecular formula is C18H24N4O2. The minimum atomic E-state index is -0.571. The molecule has 6 heteroatoms. The zero-order valence-electron chi connectivity index (χ0n) is 14.1. The predicted molar refractivity (Wildman–Crippen MR) is 94.8 cm³/mol. The lowest BCUT2D eigenvalue weighted by atomic mass is 10.1. The van der Waals surface area contributed by atoms with Gasteiger partial charge in [-0.1, -0.05) is 30.3 Å². The summed E-state index contributed by atoms with van der Waals surface area (Å²) in [5, 5.41) is 6.50. The first-order valence-corrected chi connectivity index (χ1v) is 7.98. The summed E-state index contributed by atoms with van der Waals surface area (Å²) >= 11 is 0. The highest BCUT2D eigenvalue weighted by Crippen LogP contribution is 2.07. The molecule has 2 rings (SSSR count). The Kier molecular flexibility index (Phi) is 6.42. The molecule has 0 bridgehead atoms. The summed E-state index contributed by atoms with van der Waals surface area (Å²) in [4.78, 5) is 15.2. The molecule has 0 aliphatic carbocycles. The SMILES string of the molecule is CN=C(NCc1ccc(C(N)=O)o1)NC(C)CCc1ccccc1. The summed E-state index contributed by atoms with van der Waals surface area (Å²) in [6.07, 6.45) is 2.00. The molecule has 0 spiro atoms. The van der Waals surface area contributed by atoms with E-state index in [1.165, 1.54) is 5.56 Å². The third kappa shape index (κ3) is 5.46. The molecular weight excluding hydrogens is 304 g/mol. The maximum absolute atomic E-state index is 11.0. The molecule has 0 radical (unpaired) electrons. The molecule has 1 aromatic carbocycles. The van der Waals surface area contributed by atoms with Crippen molar-refractivity contribution >= 4 is 11.9 Å². The van der Waals surface area contributed by atoms with Crippen LogP contribution in [-0.4, -0.2) is 25.0 Å². The summed E-state index contributed by atoms with van der Waals surface area (Å²) in [5.74, 6) is 0.903. The van der Waals surface area contributed by atoms with Gasteiger partial charge in [0.25, 0.3) is 5.91 Å². The third-order valence-corrected chi connectivity index (χ3v) is 3.65. The molecule has 1 unspecified atom stereocenters. The van der Waals surface area contributed by atoms with Crippen molar-refractivity contribution in [2.45, 2.75) is 32.4 Å². The lowest BCUT2D eigenvalue weighted by molar-refractivity contribution is 0.0972. The first kappa shape index (κ1) is 17.6. The number of nitrogens with two attached hydrogens (primary N) is 1. The fraction of sp³-hybridized carbons (Fsp3) is 0.333. The van der Waals surface area contributed by atoms with Crippen LogP contribution in [-0.2, 0) is 13.0 Å². The highest BCUT2D eigenvalue weighted by Gasteiger charge is 2.09. The number of nitrogens with one attached hydrogen (secondary N) is 2. The van der Waals surface area contributed by atoms with Crippen LogP contribution in [0.3, 0.4) is 0 Å². The second kappa shape index (κ2) is 8.76. The Morgan fingerprint density at radius 3 is 2.62 bits per heavy atom. The second-order valence-corrected chi connectivity index (χ2v) is 5.63. The Morgan fingerprint density at radius 1 is 1.25 bits per heavy atom. The number of primary amides is 1. The summed E-state index contributed by atoms with van der Waals surface area (Å²) in [5.41, 5.74) is 6.49. The fourth-order valence-electron chi connectivity index (χ4n) is 2.30. The quantitative estimate of drug-likeness (QED) is 0.536. The molecule has 4 N–H and O–H groups in total. The molecule has 0 fully saturated rings. The zero-order valence-corrected chi connectivity index (χ0v) is 14.1.